The fraction of sp³-hybridized carbons (Fsp3) is 0.200. The van der Waals surface area contributed by atoms with E-state index in [0.717, 1.165) is 0 Å². The van der Waals surface area contributed by atoms with Crippen LogP contribution in [0, 0.1) is 5.82 Å². The first-order valence-electron chi connectivity index (χ1n) is 6.36. The Morgan fingerprint density at radius 3 is 2.81 bits per heavy atom. The minimum absolute atomic E-state index is 0.0719. The zero-order valence-corrected chi connectivity index (χ0v) is 11.4. The summed E-state index contributed by atoms with van der Waals surface area (Å²) in [4.78, 5) is 23.3. The highest BCUT2D eigenvalue weighted by Gasteiger charge is 2.12. The van der Waals surface area contributed by atoms with E-state index < -0.39 is 17.8 Å². The Morgan fingerprint density at radius 1 is 1.38 bits per heavy atom. The third kappa shape index (κ3) is 3.76. The second-order valence-electron chi connectivity index (χ2n) is 4.65. The number of halogens is 1. The molecule has 2 rings (SSSR count). The van der Waals surface area contributed by atoms with Crippen LogP contribution < -0.4 is 10.9 Å². The highest BCUT2D eigenvalue weighted by atomic mass is 19.1. The zero-order chi connectivity index (χ0) is 15.4. The van der Waals surface area contributed by atoms with Gasteiger partial charge in [0.2, 0.25) is 0 Å². The number of hydrogen-bond acceptors (Lipinski definition) is 3. The normalized spacial score (nSPS) is 12.0. The quantitative estimate of drug-likeness (QED) is 0.882. The maximum Gasteiger partial charge on any atom is 0.251 e. The van der Waals surface area contributed by atoms with Gasteiger partial charge in [0.15, 0.2) is 0 Å². The Balaban J connectivity index is 2.00. The van der Waals surface area contributed by atoms with Gasteiger partial charge in [-0.15, -0.1) is 0 Å². The van der Waals surface area contributed by atoms with Gasteiger partial charge in [-0.05, 0) is 23.8 Å². The van der Waals surface area contributed by atoms with E-state index in [4.69, 9.17) is 0 Å². The number of pyridine rings is 1. The van der Waals surface area contributed by atoms with E-state index in [0.29, 0.717) is 5.56 Å². The maximum atomic E-state index is 13.0. The lowest BCUT2D eigenvalue weighted by Gasteiger charge is -2.12. The molecule has 0 fully saturated rings. The van der Waals surface area contributed by atoms with Crippen LogP contribution in [0.4, 0.5) is 4.39 Å². The van der Waals surface area contributed by atoms with Crippen LogP contribution in [-0.4, -0.2) is 22.1 Å². The van der Waals surface area contributed by atoms with Crippen LogP contribution in [-0.2, 0) is 7.05 Å². The second kappa shape index (κ2) is 6.32. The van der Waals surface area contributed by atoms with Gasteiger partial charge in [0, 0.05) is 31.4 Å². The standard InChI is InChI=1S/C15H15FN2O3/c1-18-6-5-11(8-14(18)20)15(21)17-9-13(19)10-3-2-4-12(16)7-10/h2-8,13,19H,9H2,1H3,(H,17,21). The Kier molecular flexibility index (Phi) is 4.49. The first kappa shape index (κ1) is 14.9. The van der Waals surface area contributed by atoms with Crippen molar-refractivity contribution in [2.45, 2.75) is 6.10 Å². The van der Waals surface area contributed by atoms with Crippen LogP contribution >= 0.6 is 0 Å². The number of carbonyl (C=O) groups is 1. The van der Waals surface area contributed by atoms with E-state index in [-0.39, 0.29) is 17.7 Å². The average Bonchev–Trinajstić information content (AvgIpc) is 2.47. The monoisotopic (exact) mass is 290 g/mol. The molecule has 0 saturated heterocycles. The lowest BCUT2D eigenvalue weighted by molar-refractivity contribution is 0.0916. The molecule has 110 valence electrons. The zero-order valence-electron chi connectivity index (χ0n) is 11.4. The molecule has 1 unspecified atom stereocenters. The number of rotatable bonds is 4. The van der Waals surface area contributed by atoms with Crippen molar-refractivity contribution in [2.75, 3.05) is 6.54 Å². The van der Waals surface area contributed by atoms with E-state index in [2.05, 4.69) is 5.32 Å². The van der Waals surface area contributed by atoms with Crippen LogP contribution in [0.3, 0.4) is 0 Å². The minimum atomic E-state index is -1.02. The number of aromatic nitrogens is 1. The van der Waals surface area contributed by atoms with Crippen molar-refractivity contribution in [3.63, 3.8) is 0 Å². The molecule has 1 atom stereocenters. The minimum Gasteiger partial charge on any atom is -0.387 e. The van der Waals surface area contributed by atoms with Gasteiger partial charge in [-0.2, -0.15) is 0 Å². The highest BCUT2D eigenvalue weighted by molar-refractivity contribution is 5.93. The molecule has 0 aliphatic rings. The fourth-order valence-electron chi connectivity index (χ4n) is 1.81. The Morgan fingerprint density at radius 2 is 2.14 bits per heavy atom. The molecule has 1 aromatic heterocycles. The summed E-state index contributed by atoms with van der Waals surface area (Å²) < 4.78 is 14.4. The molecule has 1 amide bonds. The molecule has 0 aliphatic heterocycles. The molecule has 0 radical (unpaired) electrons. The molecule has 0 saturated carbocycles. The number of benzene rings is 1. The Bertz CT molecular complexity index is 712. The van der Waals surface area contributed by atoms with E-state index in [1.807, 2.05) is 0 Å². The van der Waals surface area contributed by atoms with E-state index in [1.165, 1.54) is 41.1 Å². The lowest BCUT2D eigenvalue weighted by atomic mass is 10.1. The van der Waals surface area contributed by atoms with E-state index in [9.17, 15) is 19.1 Å². The summed E-state index contributed by atoms with van der Waals surface area (Å²) in [6.45, 7) is -0.0719. The fourth-order valence-corrected chi connectivity index (χ4v) is 1.81. The highest BCUT2D eigenvalue weighted by Crippen LogP contribution is 2.13. The summed E-state index contributed by atoms with van der Waals surface area (Å²) in [5.74, 6) is -0.924. The average molecular weight is 290 g/mol. The van der Waals surface area contributed by atoms with Gasteiger partial charge < -0.3 is 15.0 Å². The molecular weight excluding hydrogens is 275 g/mol. The molecule has 0 spiro atoms. The van der Waals surface area contributed by atoms with Crippen molar-refractivity contribution >= 4 is 5.91 Å². The van der Waals surface area contributed by atoms with Crippen molar-refractivity contribution in [1.82, 2.24) is 9.88 Å². The van der Waals surface area contributed by atoms with Gasteiger partial charge in [0.1, 0.15) is 5.82 Å². The Hall–Kier alpha value is -2.47. The summed E-state index contributed by atoms with van der Waals surface area (Å²) in [7, 11) is 1.58. The summed E-state index contributed by atoms with van der Waals surface area (Å²) >= 11 is 0. The van der Waals surface area contributed by atoms with Crippen molar-refractivity contribution in [3.8, 4) is 0 Å². The van der Waals surface area contributed by atoms with Crippen LogP contribution in [0.5, 0.6) is 0 Å². The molecular formula is C15H15FN2O3. The number of nitrogens with one attached hydrogen (secondary N) is 1. The van der Waals surface area contributed by atoms with Crippen molar-refractivity contribution in [3.05, 3.63) is 69.9 Å². The van der Waals surface area contributed by atoms with Gasteiger partial charge in [0.25, 0.3) is 11.5 Å². The molecule has 6 heteroatoms. The second-order valence-corrected chi connectivity index (χ2v) is 4.65. The number of hydrogen-bond donors (Lipinski definition) is 2. The first-order valence-corrected chi connectivity index (χ1v) is 6.36. The van der Waals surface area contributed by atoms with Gasteiger partial charge >= 0.3 is 0 Å². The number of aliphatic hydroxyl groups is 1. The van der Waals surface area contributed by atoms with Gasteiger partial charge in [-0.1, -0.05) is 12.1 Å². The molecule has 2 aromatic rings. The summed E-state index contributed by atoms with van der Waals surface area (Å²) in [5.41, 5.74) is 0.289. The van der Waals surface area contributed by atoms with Crippen molar-refractivity contribution < 1.29 is 14.3 Å². The van der Waals surface area contributed by atoms with Crippen LogP contribution in [0.1, 0.15) is 22.0 Å². The molecule has 1 heterocycles. The van der Waals surface area contributed by atoms with Gasteiger partial charge in [-0.3, -0.25) is 9.59 Å². The summed E-state index contributed by atoms with van der Waals surface area (Å²) in [6, 6.07) is 8.24. The molecule has 0 aliphatic carbocycles. The predicted octanol–water partition coefficient (Wildman–Crippen LogP) is 0.988. The number of aryl methyl sites for hydroxylation is 1. The summed E-state index contributed by atoms with van der Waals surface area (Å²) in [6.07, 6.45) is 0.469. The SMILES string of the molecule is Cn1ccc(C(=O)NCC(O)c2cccc(F)c2)cc1=O. The molecule has 0 bridgehead atoms. The first-order chi connectivity index (χ1) is 9.97. The Labute approximate surface area is 120 Å². The third-order valence-electron chi connectivity index (χ3n) is 3.06. The van der Waals surface area contributed by atoms with Crippen molar-refractivity contribution in [1.29, 1.82) is 0 Å². The number of amides is 1. The molecule has 21 heavy (non-hydrogen) atoms. The van der Waals surface area contributed by atoms with Gasteiger partial charge in [-0.25, -0.2) is 4.39 Å². The van der Waals surface area contributed by atoms with Gasteiger partial charge in [0.05, 0.1) is 6.10 Å². The van der Waals surface area contributed by atoms with E-state index >= 15 is 0 Å². The molecule has 2 N–H and O–H groups in total. The maximum absolute atomic E-state index is 13.0. The smallest absolute Gasteiger partial charge is 0.251 e. The number of nitrogens with zero attached hydrogens (tertiary/aromatic N) is 1. The molecule has 1 aromatic carbocycles. The van der Waals surface area contributed by atoms with Crippen LogP contribution in [0.25, 0.3) is 0 Å². The van der Waals surface area contributed by atoms with Crippen LogP contribution in [0.15, 0.2) is 47.4 Å². The largest absolute Gasteiger partial charge is 0.387 e. The van der Waals surface area contributed by atoms with E-state index in [1.54, 1.807) is 13.1 Å². The van der Waals surface area contributed by atoms with Crippen LogP contribution in [0.2, 0.25) is 0 Å². The predicted molar refractivity (Wildman–Crippen MR) is 75.4 cm³/mol. The number of carbonyl (C=O) groups excluding carboxylic acids is 1. The summed E-state index contributed by atoms with van der Waals surface area (Å²) in [5, 5.41) is 12.4. The lowest BCUT2D eigenvalue weighted by Crippen LogP contribution is -2.29. The number of aliphatic hydroxyl groups excluding tert-OH is 1. The third-order valence-corrected chi connectivity index (χ3v) is 3.06. The topological polar surface area (TPSA) is 71.3 Å². The molecule has 5 nitrogen and oxygen atoms in total. The van der Waals surface area contributed by atoms with Crippen molar-refractivity contribution in [2.24, 2.45) is 7.05 Å².